The average molecular weight is 353 g/mol. The molecule has 2 rings (SSSR count). The Morgan fingerprint density at radius 1 is 1.29 bits per heavy atom. The summed E-state index contributed by atoms with van der Waals surface area (Å²) in [5.74, 6) is -1.52. The third kappa shape index (κ3) is 3.43. The van der Waals surface area contributed by atoms with E-state index in [2.05, 4.69) is 21.2 Å². The van der Waals surface area contributed by atoms with Gasteiger partial charge in [-0.2, -0.15) is 4.39 Å². The number of carbonyl (C=O) groups is 1. The summed E-state index contributed by atoms with van der Waals surface area (Å²) in [6.45, 7) is 1.81. The number of benzene rings is 2. The summed E-state index contributed by atoms with van der Waals surface area (Å²) >= 11 is 3.29. The lowest BCUT2D eigenvalue weighted by atomic mass is 10.1. The van der Waals surface area contributed by atoms with Crippen LogP contribution in [0.4, 0.5) is 15.8 Å². The van der Waals surface area contributed by atoms with Gasteiger partial charge in [0.1, 0.15) is 0 Å². The van der Waals surface area contributed by atoms with Gasteiger partial charge in [-0.1, -0.05) is 22.0 Å². The van der Waals surface area contributed by atoms with Gasteiger partial charge in [-0.15, -0.1) is 0 Å². The molecule has 0 aromatic heterocycles. The molecule has 0 aliphatic heterocycles. The van der Waals surface area contributed by atoms with Crippen LogP contribution < -0.4 is 5.32 Å². The smallest absolute Gasteiger partial charge is 0.305 e. The Labute approximate surface area is 128 Å². The molecule has 0 atom stereocenters. The zero-order chi connectivity index (χ0) is 15.6. The van der Waals surface area contributed by atoms with Crippen molar-refractivity contribution in [3.63, 3.8) is 0 Å². The number of nitro groups is 1. The molecule has 0 aliphatic rings. The summed E-state index contributed by atoms with van der Waals surface area (Å²) in [6, 6.07) is 8.37. The zero-order valence-electron chi connectivity index (χ0n) is 10.9. The van der Waals surface area contributed by atoms with E-state index in [0.29, 0.717) is 5.69 Å². The van der Waals surface area contributed by atoms with Crippen molar-refractivity contribution in [3.05, 3.63) is 67.9 Å². The van der Waals surface area contributed by atoms with Crippen molar-refractivity contribution in [2.45, 2.75) is 6.92 Å². The third-order valence-electron chi connectivity index (χ3n) is 2.85. The van der Waals surface area contributed by atoms with Gasteiger partial charge in [0, 0.05) is 21.8 Å². The number of anilines is 1. The van der Waals surface area contributed by atoms with Crippen molar-refractivity contribution < 1.29 is 14.1 Å². The molecule has 0 saturated heterocycles. The molecule has 0 heterocycles. The number of rotatable bonds is 3. The first-order chi connectivity index (χ1) is 9.88. The molecule has 0 saturated carbocycles. The highest BCUT2D eigenvalue weighted by Gasteiger charge is 2.17. The molecular weight excluding hydrogens is 343 g/mol. The van der Waals surface area contributed by atoms with Crippen LogP contribution in [0.25, 0.3) is 0 Å². The molecule has 108 valence electrons. The minimum Gasteiger partial charge on any atom is -0.322 e. The molecule has 0 spiro atoms. The minimum absolute atomic E-state index is 0.0162. The maximum absolute atomic E-state index is 13.2. The Bertz CT molecular complexity index is 734. The Balaban J connectivity index is 2.30. The first kappa shape index (κ1) is 15.1. The summed E-state index contributed by atoms with van der Waals surface area (Å²) in [5.41, 5.74) is 0.695. The number of hydrogen-bond acceptors (Lipinski definition) is 3. The van der Waals surface area contributed by atoms with E-state index in [9.17, 15) is 19.3 Å². The zero-order valence-corrected chi connectivity index (χ0v) is 12.5. The monoisotopic (exact) mass is 352 g/mol. The van der Waals surface area contributed by atoms with Crippen molar-refractivity contribution >= 4 is 33.2 Å². The molecule has 21 heavy (non-hydrogen) atoms. The van der Waals surface area contributed by atoms with Gasteiger partial charge >= 0.3 is 5.69 Å². The van der Waals surface area contributed by atoms with Gasteiger partial charge in [-0.3, -0.25) is 14.9 Å². The number of nitrogens with zero attached hydrogens (tertiary/aromatic N) is 1. The number of nitro benzene ring substituents is 1. The van der Waals surface area contributed by atoms with Crippen molar-refractivity contribution in [3.8, 4) is 0 Å². The number of nitrogens with one attached hydrogen (secondary N) is 1. The van der Waals surface area contributed by atoms with Crippen LogP contribution in [-0.2, 0) is 0 Å². The number of halogens is 2. The van der Waals surface area contributed by atoms with Gasteiger partial charge in [-0.25, -0.2) is 0 Å². The third-order valence-corrected chi connectivity index (χ3v) is 3.35. The molecule has 2 aromatic carbocycles. The van der Waals surface area contributed by atoms with E-state index in [1.54, 1.807) is 6.07 Å². The molecule has 0 aliphatic carbocycles. The van der Waals surface area contributed by atoms with Crippen molar-refractivity contribution in [2.24, 2.45) is 0 Å². The van der Waals surface area contributed by atoms with E-state index in [4.69, 9.17) is 0 Å². The molecule has 5 nitrogen and oxygen atoms in total. The lowest BCUT2D eigenvalue weighted by molar-refractivity contribution is -0.387. The fraction of sp³-hybridized carbons (Fsp3) is 0.0714. The second-order valence-corrected chi connectivity index (χ2v) is 5.25. The van der Waals surface area contributed by atoms with Gasteiger partial charge in [0.2, 0.25) is 5.82 Å². The first-order valence-corrected chi connectivity index (χ1v) is 6.69. The predicted octanol–water partition coefficient (Wildman–Crippen LogP) is 4.06. The number of hydrogen-bond donors (Lipinski definition) is 1. The van der Waals surface area contributed by atoms with Crippen LogP contribution >= 0.6 is 15.9 Å². The fourth-order valence-electron chi connectivity index (χ4n) is 1.72. The van der Waals surface area contributed by atoms with Crippen LogP contribution in [0.3, 0.4) is 0 Å². The molecule has 0 fully saturated rings. The molecule has 0 bridgehead atoms. The number of carbonyl (C=O) groups excluding carboxylic acids is 1. The topological polar surface area (TPSA) is 72.2 Å². The molecule has 7 heteroatoms. The summed E-state index contributed by atoms with van der Waals surface area (Å²) in [5, 5.41) is 13.3. The Morgan fingerprint density at radius 3 is 2.67 bits per heavy atom. The second kappa shape index (κ2) is 6.01. The molecule has 1 N–H and O–H groups in total. The van der Waals surface area contributed by atoms with E-state index >= 15 is 0 Å². The molecule has 1 amide bonds. The minimum atomic E-state index is -0.977. The largest absolute Gasteiger partial charge is 0.322 e. The molecular formula is C14H10BrFN2O3. The molecule has 0 unspecified atom stereocenters. The highest BCUT2D eigenvalue weighted by molar-refractivity contribution is 9.10. The molecule has 0 radical (unpaired) electrons. The SMILES string of the molecule is Cc1ccc(Br)cc1NC(=O)c1ccc(F)c([N+](=O)[O-])c1. The quantitative estimate of drug-likeness (QED) is 0.668. The van der Waals surface area contributed by atoms with Gasteiger partial charge in [0.05, 0.1) is 4.92 Å². The lowest BCUT2D eigenvalue weighted by Crippen LogP contribution is -2.13. The average Bonchev–Trinajstić information content (AvgIpc) is 2.43. The second-order valence-electron chi connectivity index (χ2n) is 4.34. The van der Waals surface area contributed by atoms with Crippen LogP contribution in [0.5, 0.6) is 0 Å². The normalized spacial score (nSPS) is 10.2. The first-order valence-electron chi connectivity index (χ1n) is 5.90. The maximum atomic E-state index is 13.2. The summed E-state index contributed by atoms with van der Waals surface area (Å²) < 4.78 is 14.0. The number of amides is 1. The highest BCUT2D eigenvalue weighted by atomic mass is 79.9. The van der Waals surface area contributed by atoms with Crippen molar-refractivity contribution in [1.29, 1.82) is 0 Å². The Morgan fingerprint density at radius 2 is 2.00 bits per heavy atom. The van der Waals surface area contributed by atoms with E-state index < -0.39 is 22.3 Å². The van der Waals surface area contributed by atoms with Gasteiger partial charge in [0.25, 0.3) is 5.91 Å². The van der Waals surface area contributed by atoms with Crippen LogP contribution in [-0.4, -0.2) is 10.8 Å². The fourth-order valence-corrected chi connectivity index (χ4v) is 2.08. The summed E-state index contributed by atoms with van der Waals surface area (Å²) in [7, 11) is 0. The number of aryl methyl sites for hydroxylation is 1. The van der Waals surface area contributed by atoms with Crippen molar-refractivity contribution in [1.82, 2.24) is 0 Å². The predicted molar refractivity (Wildman–Crippen MR) is 79.9 cm³/mol. The standard InChI is InChI=1S/C14H10BrFN2O3/c1-8-2-4-10(15)7-12(8)17-14(19)9-3-5-11(16)13(6-9)18(20)21/h2-7H,1H3,(H,17,19). The lowest BCUT2D eigenvalue weighted by Gasteiger charge is -2.09. The van der Waals surface area contributed by atoms with E-state index in [0.717, 1.165) is 22.2 Å². The van der Waals surface area contributed by atoms with Crippen LogP contribution in [0, 0.1) is 22.9 Å². The Kier molecular flexibility index (Phi) is 4.32. The van der Waals surface area contributed by atoms with Crippen LogP contribution in [0.1, 0.15) is 15.9 Å². The van der Waals surface area contributed by atoms with Gasteiger partial charge in [0.15, 0.2) is 0 Å². The Hall–Kier alpha value is -2.28. The van der Waals surface area contributed by atoms with Crippen molar-refractivity contribution in [2.75, 3.05) is 5.32 Å². The summed E-state index contributed by atoms with van der Waals surface area (Å²) in [6.07, 6.45) is 0. The van der Waals surface area contributed by atoms with Crippen LogP contribution in [0.2, 0.25) is 0 Å². The van der Waals surface area contributed by atoms with E-state index in [1.165, 1.54) is 6.07 Å². The van der Waals surface area contributed by atoms with Gasteiger partial charge in [-0.05, 0) is 36.8 Å². The summed E-state index contributed by atoms with van der Waals surface area (Å²) in [4.78, 5) is 21.9. The molecule has 2 aromatic rings. The van der Waals surface area contributed by atoms with E-state index in [1.807, 2.05) is 19.1 Å². The van der Waals surface area contributed by atoms with E-state index in [-0.39, 0.29) is 5.56 Å². The van der Waals surface area contributed by atoms with Gasteiger partial charge < -0.3 is 5.32 Å². The highest BCUT2D eigenvalue weighted by Crippen LogP contribution is 2.23. The van der Waals surface area contributed by atoms with Crippen LogP contribution in [0.15, 0.2) is 40.9 Å². The maximum Gasteiger partial charge on any atom is 0.305 e.